The van der Waals surface area contributed by atoms with E-state index in [0.717, 1.165) is 18.0 Å². The number of nitrogens with zero attached hydrogens (tertiary/aromatic N) is 2. The molecule has 0 saturated carbocycles. The Kier molecular flexibility index (Phi) is 4.43. The molecule has 5 nitrogen and oxygen atoms in total. The van der Waals surface area contributed by atoms with Crippen LogP contribution in [-0.4, -0.2) is 15.1 Å². The van der Waals surface area contributed by atoms with Crippen molar-refractivity contribution in [3.8, 4) is 0 Å². The molecule has 1 aromatic heterocycles. The van der Waals surface area contributed by atoms with Crippen molar-refractivity contribution in [3.63, 3.8) is 0 Å². The lowest BCUT2D eigenvalue weighted by atomic mass is 10.6. The van der Waals surface area contributed by atoms with Crippen LogP contribution < -0.4 is 11.5 Å². The van der Waals surface area contributed by atoms with Gasteiger partial charge in [-0.2, -0.15) is 0 Å². The van der Waals surface area contributed by atoms with Crippen molar-refractivity contribution in [1.82, 2.24) is 9.97 Å². The molecule has 0 fully saturated rings. The molecule has 0 spiro atoms. The van der Waals surface area contributed by atoms with E-state index < -0.39 is 5.82 Å². The van der Waals surface area contributed by atoms with E-state index in [-0.39, 0.29) is 28.5 Å². The monoisotopic (exact) mass is 223 g/mol. The summed E-state index contributed by atoms with van der Waals surface area (Å²) in [6.45, 7) is 0. The number of aromatic nitrogens is 2. The number of nitrogens with two attached hydrogens (primary N) is 2. The van der Waals surface area contributed by atoms with Crippen molar-refractivity contribution >= 4 is 35.2 Å². The summed E-state index contributed by atoms with van der Waals surface area (Å²) in [6.07, 6.45) is 0.938. The van der Waals surface area contributed by atoms with E-state index in [1.807, 2.05) is 0 Å². The summed E-state index contributed by atoms with van der Waals surface area (Å²) < 4.78 is 12.5. The summed E-state index contributed by atoms with van der Waals surface area (Å²) in [5, 5.41) is 6.88. The molecule has 0 bridgehead atoms. The fourth-order valence-electron chi connectivity index (χ4n) is 0.511. The Hall–Kier alpha value is -1.08. The van der Waals surface area contributed by atoms with Crippen LogP contribution in [0.2, 0.25) is 0 Å². The maximum absolute atomic E-state index is 12.5. The Balaban J connectivity index is 0.00000144. The van der Waals surface area contributed by atoms with E-state index in [9.17, 15) is 4.39 Å². The first-order chi connectivity index (χ1) is 5.59. The second-order valence-corrected chi connectivity index (χ2v) is 2.86. The second kappa shape index (κ2) is 4.83. The summed E-state index contributed by atoms with van der Waals surface area (Å²) in [6, 6.07) is 0. The first-order valence-corrected chi connectivity index (χ1v) is 3.71. The molecule has 8 heteroatoms. The molecule has 5 N–H and O–H groups in total. The van der Waals surface area contributed by atoms with Crippen LogP contribution in [0.4, 0.5) is 10.2 Å². The highest BCUT2D eigenvalue weighted by Gasteiger charge is 2.04. The zero-order valence-corrected chi connectivity index (χ0v) is 7.95. The van der Waals surface area contributed by atoms with Crippen LogP contribution in [0.5, 0.6) is 0 Å². The summed E-state index contributed by atoms with van der Waals surface area (Å²) >= 11 is 0.814. The lowest BCUT2D eigenvalue weighted by molar-refractivity contribution is 0.612. The van der Waals surface area contributed by atoms with Gasteiger partial charge in [-0.05, 0) is 11.8 Å². The summed E-state index contributed by atoms with van der Waals surface area (Å²) in [4.78, 5) is 7.10. The molecule has 1 aromatic rings. The number of nitrogen functional groups attached to an aromatic ring is 1. The highest BCUT2D eigenvalue weighted by Crippen LogP contribution is 2.13. The minimum absolute atomic E-state index is 0. The first-order valence-electron chi connectivity index (χ1n) is 2.89. The average molecular weight is 224 g/mol. The Bertz CT molecular complexity index is 320. The van der Waals surface area contributed by atoms with Crippen molar-refractivity contribution in [3.05, 3.63) is 12.0 Å². The van der Waals surface area contributed by atoms with Gasteiger partial charge in [-0.15, -0.1) is 12.4 Å². The highest BCUT2D eigenvalue weighted by molar-refractivity contribution is 8.13. The van der Waals surface area contributed by atoms with Crippen LogP contribution in [0.15, 0.2) is 11.4 Å². The van der Waals surface area contributed by atoms with Crippen molar-refractivity contribution in [2.24, 2.45) is 5.73 Å². The number of amidine groups is 1. The predicted octanol–water partition coefficient (Wildman–Crippen LogP) is 0.605. The third-order valence-electron chi connectivity index (χ3n) is 0.950. The fraction of sp³-hybridized carbons (Fsp3) is 0. The summed E-state index contributed by atoms with van der Waals surface area (Å²) in [5.41, 5.74) is 10.2. The van der Waals surface area contributed by atoms with Crippen molar-refractivity contribution in [2.75, 3.05) is 5.73 Å². The van der Waals surface area contributed by atoms with Crippen molar-refractivity contribution in [2.45, 2.75) is 5.16 Å². The van der Waals surface area contributed by atoms with E-state index in [2.05, 4.69) is 9.97 Å². The smallest absolute Gasteiger partial charge is 0.197 e. The van der Waals surface area contributed by atoms with Gasteiger partial charge >= 0.3 is 0 Å². The number of rotatable bonds is 1. The van der Waals surface area contributed by atoms with Crippen molar-refractivity contribution < 1.29 is 4.39 Å². The first kappa shape index (κ1) is 11.9. The number of nitrogens with one attached hydrogen (secondary N) is 1. The van der Waals surface area contributed by atoms with Gasteiger partial charge in [-0.3, -0.25) is 5.41 Å². The van der Waals surface area contributed by atoms with E-state index >= 15 is 0 Å². The molecule has 0 saturated heterocycles. The van der Waals surface area contributed by atoms with E-state index in [4.69, 9.17) is 16.9 Å². The molecule has 1 heterocycles. The summed E-state index contributed by atoms with van der Waals surface area (Å²) in [5.74, 6) is -0.920. The van der Waals surface area contributed by atoms with Crippen LogP contribution in [0.3, 0.4) is 0 Å². The Morgan fingerprint density at radius 1 is 1.62 bits per heavy atom. The van der Waals surface area contributed by atoms with Gasteiger partial charge in [-0.25, -0.2) is 14.4 Å². The van der Waals surface area contributed by atoms with Crippen LogP contribution in [0, 0.1) is 11.2 Å². The third kappa shape index (κ3) is 3.43. The number of anilines is 1. The third-order valence-corrected chi connectivity index (χ3v) is 1.55. The zero-order valence-electron chi connectivity index (χ0n) is 6.32. The molecule has 0 aliphatic carbocycles. The second-order valence-electron chi connectivity index (χ2n) is 1.85. The minimum atomic E-state index is -0.678. The van der Waals surface area contributed by atoms with E-state index in [1.165, 1.54) is 0 Å². The Morgan fingerprint density at radius 3 is 2.69 bits per heavy atom. The molecule has 0 unspecified atom stereocenters. The normalized spacial score (nSPS) is 9.00. The van der Waals surface area contributed by atoms with Gasteiger partial charge in [0.15, 0.2) is 22.0 Å². The predicted molar refractivity (Wildman–Crippen MR) is 51.4 cm³/mol. The topological polar surface area (TPSA) is 102 Å². The fourth-order valence-corrected chi connectivity index (χ4v) is 0.957. The molecule has 0 radical (unpaired) electrons. The van der Waals surface area contributed by atoms with Crippen LogP contribution in [0.1, 0.15) is 0 Å². The van der Waals surface area contributed by atoms with Crippen LogP contribution in [0.25, 0.3) is 0 Å². The van der Waals surface area contributed by atoms with Gasteiger partial charge < -0.3 is 11.5 Å². The number of hydrogen-bond acceptors (Lipinski definition) is 5. The molecular weight excluding hydrogens is 217 g/mol. The van der Waals surface area contributed by atoms with E-state index in [1.54, 1.807) is 0 Å². The van der Waals surface area contributed by atoms with Gasteiger partial charge in [0.05, 0.1) is 6.20 Å². The van der Waals surface area contributed by atoms with Crippen LogP contribution >= 0.6 is 24.2 Å². The standard InChI is InChI=1S/C5H6FN5S.ClH/c6-2-1-10-5(11-3(2)7)12-4(8)9;/h1H,(H3,8,9)(H2,7,10,11);1H. The Morgan fingerprint density at radius 2 is 2.23 bits per heavy atom. The molecule has 13 heavy (non-hydrogen) atoms. The maximum atomic E-state index is 12.5. The molecule has 1 rings (SSSR count). The molecule has 0 aromatic carbocycles. The molecule has 0 amide bonds. The van der Waals surface area contributed by atoms with Gasteiger partial charge in [0.2, 0.25) is 0 Å². The highest BCUT2D eigenvalue weighted by atomic mass is 35.5. The van der Waals surface area contributed by atoms with E-state index in [0.29, 0.717) is 0 Å². The lowest BCUT2D eigenvalue weighted by Gasteiger charge is -1.98. The number of halogens is 2. The lowest BCUT2D eigenvalue weighted by Crippen LogP contribution is -2.06. The average Bonchev–Trinajstić information content (AvgIpc) is 1.96. The quantitative estimate of drug-likeness (QED) is 0.280. The van der Waals surface area contributed by atoms with Gasteiger partial charge in [-0.1, -0.05) is 0 Å². The summed E-state index contributed by atoms with van der Waals surface area (Å²) in [7, 11) is 0. The largest absolute Gasteiger partial charge is 0.381 e. The van der Waals surface area contributed by atoms with Gasteiger partial charge in [0.25, 0.3) is 0 Å². The Labute approximate surface area is 84.0 Å². The number of thioether (sulfide) groups is 1. The molecular formula is C5H7ClFN5S. The van der Waals surface area contributed by atoms with Gasteiger partial charge in [0.1, 0.15) is 0 Å². The SMILES string of the molecule is Cl.N=C(N)Sc1ncc(F)c(N)n1. The maximum Gasteiger partial charge on any atom is 0.197 e. The molecule has 0 atom stereocenters. The molecule has 72 valence electrons. The minimum Gasteiger partial charge on any atom is -0.381 e. The molecule has 0 aliphatic rings. The zero-order chi connectivity index (χ0) is 9.14. The molecule has 0 aliphatic heterocycles. The van der Waals surface area contributed by atoms with Crippen LogP contribution in [-0.2, 0) is 0 Å². The van der Waals surface area contributed by atoms with Gasteiger partial charge in [0, 0.05) is 0 Å². The number of hydrogen-bond donors (Lipinski definition) is 3. The van der Waals surface area contributed by atoms with Crippen molar-refractivity contribution in [1.29, 1.82) is 5.41 Å².